The van der Waals surface area contributed by atoms with Crippen LogP contribution < -0.4 is 10.5 Å². The van der Waals surface area contributed by atoms with Gasteiger partial charge in [-0.3, -0.25) is 9.69 Å². The van der Waals surface area contributed by atoms with Crippen LogP contribution in [0.25, 0.3) is 0 Å². The average Bonchev–Trinajstić information content (AvgIpc) is 3.21. The van der Waals surface area contributed by atoms with E-state index in [0.717, 1.165) is 12.8 Å². The Morgan fingerprint density at radius 1 is 1.24 bits per heavy atom. The van der Waals surface area contributed by atoms with E-state index in [9.17, 15) is 18.0 Å². The van der Waals surface area contributed by atoms with Crippen molar-refractivity contribution in [2.24, 2.45) is 0 Å². The van der Waals surface area contributed by atoms with Crippen LogP contribution in [0.2, 0.25) is 0 Å². The number of halogens is 3. The van der Waals surface area contributed by atoms with E-state index in [1.165, 1.54) is 11.0 Å². The molecule has 0 bridgehead atoms. The number of aromatic amines is 1. The molecule has 1 saturated carbocycles. The van der Waals surface area contributed by atoms with Crippen LogP contribution in [-0.2, 0) is 0 Å². The van der Waals surface area contributed by atoms with Gasteiger partial charge in [-0.05, 0) is 12.8 Å². The Balaban J connectivity index is 1.65. The zero-order valence-electron chi connectivity index (χ0n) is 11.5. The maximum atomic E-state index is 12.3. The Bertz CT molecular complexity index is 559. The van der Waals surface area contributed by atoms with Crippen molar-refractivity contribution in [2.45, 2.75) is 24.9 Å². The number of piperazine rings is 1. The van der Waals surface area contributed by atoms with Crippen LogP contribution in [0.4, 0.5) is 19.0 Å². The van der Waals surface area contributed by atoms with E-state index >= 15 is 0 Å². The van der Waals surface area contributed by atoms with Crippen LogP contribution in [0.3, 0.4) is 0 Å². The Kier molecular flexibility index (Phi) is 3.64. The lowest BCUT2D eigenvalue weighted by Crippen LogP contribution is -2.49. The molecule has 0 radical (unpaired) electrons. The van der Waals surface area contributed by atoms with E-state index < -0.39 is 12.7 Å². The zero-order chi connectivity index (χ0) is 15.0. The van der Waals surface area contributed by atoms with Gasteiger partial charge >= 0.3 is 6.18 Å². The highest BCUT2D eigenvalue weighted by Gasteiger charge is 2.32. The van der Waals surface area contributed by atoms with Crippen molar-refractivity contribution in [2.75, 3.05) is 37.6 Å². The Hall–Kier alpha value is -1.57. The maximum absolute atomic E-state index is 12.3. The largest absolute Gasteiger partial charge is 0.401 e. The summed E-state index contributed by atoms with van der Waals surface area (Å²) in [6.45, 7) is 0.684. The van der Waals surface area contributed by atoms with E-state index in [1.807, 2.05) is 4.90 Å². The molecule has 0 aromatic carbocycles. The number of hydrogen-bond acceptors (Lipinski definition) is 4. The highest BCUT2D eigenvalue weighted by atomic mass is 19.4. The Labute approximate surface area is 119 Å². The van der Waals surface area contributed by atoms with Gasteiger partial charge in [-0.15, -0.1) is 0 Å². The summed E-state index contributed by atoms with van der Waals surface area (Å²) in [6, 6.07) is 1.42. The van der Waals surface area contributed by atoms with Crippen LogP contribution >= 0.6 is 0 Å². The van der Waals surface area contributed by atoms with Crippen molar-refractivity contribution in [1.82, 2.24) is 14.9 Å². The summed E-state index contributed by atoms with van der Waals surface area (Å²) >= 11 is 0. The smallest absolute Gasteiger partial charge is 0.354 e. The lowest BCUT2D eigenvalue weighted by molar-refractivity contribution is -0.146. The number of nitrogens with zero attached hydrogens (tertiary/aromatic N) is 3. The van der Waals surface area contributed by atoms with Crippen molar-refractivity contribution in [3.8, 4) is 0 Å². The minimum Gasteiger partial charge on any atom is -0.354 e. The number of hydrogen-bond donors (Lipinski definition) is 1. The second-order valence-corrected chi connectivity index (χ2v) is 5.64. The van der Waals surface area contributed by atoms with Gasteiger partial charge in [-0.1, -0.05) is 0 Å². The molecule has 1 saturated heterocycles. The topological polar surface area (TPSA) is 52.2 Å². The molecule has 0 spiro atoms. The second kappa shape index (κ2) is 5.32. The first kappa shape index (κ1) is 14.4. The summed E-state index contributed by atoms with van der Waals surface area (Å²) in [5.74, 6) is 1.62. The number of H-pyrrole nitrogens is 1. The summed E-state index contributed by atoms with van der Waals surface area (Å²) in [5.41, 5.74) is -0.195. The van der Waals surface area contributed by atoms with Crippen molar-refractivity contribution < 1.29 is 13.2 Å². The molecule has 0 amide bonds. The molecule has 8 heteroatoms. The summed E-state index contributed by atoms with van der Waals surface area (Å²) in [6.07, 6.45) is -2.10. The van der Waals surface area contributed by atoms with Gasteiger partial charge in [0, 0.05) is 38.2 Å². The molecule has 5 nitrogen and oxygen atoms in total. The number of aromatic nitrogens is 2. The summed E-state index contributed by atoms with van der Waals surface area (Å²) in [5, 5.41) is 0. The molecule has 1 aliphatic carbocycles. The van der Waals surface area contributed by atoms with Gasteiger partial charge in [-0.2, -0.15) is 13.2 Å². The molecule has 3 rings (SSSR count). The van der Waals surface area contributed by atoms with Gasteiger partial charge < -0.3 is 9.88 Å². The molecule has 2 fully saturated rings. The van der Waals surface area contributed by atoms with Gasteiger partial charge in [0.1, 0.15) is 11.6 Å². The third kappa shape index (κ3) is 3.75. The molecule has 1 N–H and O–H groups in total. The minimum absolute atomic E-state index is 0.195. The fraction of sp³-hybridized carbons (Fsp3) is 0.692. The number of anilines is 1. The Morgan fingerprint density at radius 2 is 1.90 bits per heavy atom. The normalized spacial score (nSPS) is 20.8. The third-order valence-corrected chi connectivity index (χ3v) is 3.81. The number of alkyl halides is 3. The van der Waals surface area contributed by atoms with E-state index in [-0.39, 0.29) is 5.56 Å². The molecule has 116 valence electrons. The maximum Gasteiger partial charge on any atom is 0.401 e. The lowest BCUT2D eigenvalue weighted by Gasteiger charge is -2.35. The average molecular weight is 302 g/mol. The first-order valence-electron chi connectivity index (χ1n) is 7.06. The van der Waals surface area contributed by atoms with Gasteiger partial charge in [-0.25, -0.2) is 4.98 Å². The van der Waals surface area contributed by atoms with Crippen molar-refractivity contribution in [3.05, 3.63) is 22.2 Å². The molecule has 21 heavy (non-hydrogen) atoms. The molecule has 0 atom stereocenters. The van der Waals surface area contributed by atoms with Crippen molar-refractivity contribution in [3.63, 3.8) is 0 Å². The van der Waals surface area contributed by atoms with Gasteiger partial charge in [0.05, 0.1) is 6.54 Å². The minimum atomic E-state index is -4.16. The SMILES string of the molecule is O=c1cc(N2CCN(CC(F)(F)F)CC2)nc(C2CC2)[nH]1. The molecule has 1 aromatic rings. The number of nitrogens with one attached hydrogen (secondary N) is 1. The molecular weight excluding hydrogens is 285 g/mol. The highest BCUT2D eigenvalue weighted by Crippen LogP contribution is 2.37. The molecule has 1 aromatic heterocycles. The first-order chi connectivity index (χ1) is 9.90. The quantitative estimate of drug-likeness (QED) is 0.915. The molecule has 2 heterocycles. The van der Waals surface area contributed by atoms with E-state index in [4.69, 9.17) is 0 Å². The van der Waals surface area contributed by atoms with Crippen LogP contribution in [0.1, 0.15) is 24.6 Å². The van der Waals surface area contributed by atoms with E-state index in [1.54, 1.807) is 0 Å². The Morgan fingerprint density at radius 3 is 2.48 bits per heavy atom. The zero-order valence-corrected chi connectivity index (χ0v) is 11.5. The first-order valence-corrected chi connectivity index (χ1v) is 7.06. The van der Waals surface area contributed by atoms with Crippen LogP contribution in [0.15, 0.2) is 10.9 Å². The molecule has 2 aliphatic rings. The summed E-state index contributed by atoms with van der Waals surface area (Å²) in [4.78, 5) is 22.1. The lowest BCUT2D eigenvalue weighted by atomic mass is 10.3. The molecular formula is C13H17F3N4O. The molecule has 1 aliphatic heterocycles. The molecule has 0 unspecified atom stereocenters. The standard InChI is InChI=1S/C13H17F3N4O/c14-13(15,16)8-19-3-5-20(6-4-19)10-7-11(21)18-12(17-10)9-1-2-9/h7,9H,1-6,8H2,(H,17,18,21). The van der Waals surface area contributed by atoms with E-state index in [0.29, 0.717) is 43.7 Å². The van der Waals surface area contributed by atoms with Crippen LogP contribution in [0.5, 0.6) is 0 Å². The third-order valence-electron chi connectivity index (χ3n) is 3.81. The van der Waals surface area contributed by atoms with Crippen LogP contribution in [0, 0.1) is 0 Å². The monoisotopic (exact) mass is 302 g/mol. The van der Waals surface area contributed by atoms with Crippen LogP contribution in [-0.4, -0.2) is 53.8 Å². The van der Waals surface area contributed by atoms with Gasteiger partial charge in [0.15, 0.2) is 0 Å². The van der Waals surface area contributed by atoms with Crippen molar-refractivity contribution >= 4 is 5.82 Å². The van der Waals surface area contributed by atoms with Gasteiger partial charge in [0.2, 0.25) is 0 Å². The van der Waals surface area contributed by atoms with Gasteiger partial charge in [0.25, 0.3) is 5.56 Å². The summed E-state index contributed by atoms with van der Waals surface area (Å²) < 4.78 is 37.0. The second-order valence-electron chi connectivity index (χ2n) is 5.64. The summed E-state index contributed by atoms with van der Waals surface area (Å²) in [7, 11) is 0. The number of rotatable bonds is 3. The van der Waals surface area contributed by atoms with E-state index in [2.05, 4.69) is 9.97 Å². The predicted octanol–water partition coefficient (Wildman–Crippen LogP) is 1.33. The van der Waals surface area contributed by atoms with Crippen molar-refractivity contribution in [1.29, 1.82) is 0 Å². The fourth-order valence-electron chi connectivity index (χ4n) is 2.56. The predicted molar refractivity (Wildman–Crippen MR) is 71.5 cm³/mol. The fourth-order valence-corrected chi connectivity index (χ4v) is 2.56. The highest BCUT2D eigenvalue weighted by molar-refractivity contribution is 5.38.